The van der Waals surface area contributed by atoms with Gasteiger partial charge in [0.2, 0.25) is 0 Å². The Morgan fingerprint density at radius 1 is 0.917 bits per heavy atom. The predicted molar refractivity (Wildman–Crippen MR) is 138 cm³/mol. The van der Waals surface area contributed by atoms with Gasteiger partial charge in [-0.25, -0.2) is 0 Å². The molecule has 0 bridgehead atoms. The zero-order chi connectivity index (χ0) is 24.5. The highest BCUT2D eigenvalue weighted by Gasteiger charge is 2.19. The van der Waals surface area contributed by atoms with Crippen LogP contribution in [0.25, 0.3) is 27.3 Å². The van der Waals surface area contributed by atoms with Gasteiger partial charge in [0, 0.05) is 30.1 Å². The van der Waals surface area contributed by atoms with Crippen LogP contribution in [0.15, 0.2) is 85.1 Å². The molecule has 0 unspecified atom stereocenters. The fraction of sp³-hybridized carbons (Fsp3) is 0.143. The minimum atomic E-state index is -0.219. The summed E-state index contributed by atoms with van der Waals surface area (Å²) >= 11 is 0. The van der Waals surface area contributed by atoms with Gasteiger partial charge in [-0.1, -0.05) is 54.6 Å². The van der Waals surface area contributed by atoms with Gasteiger partial charge >= 0.3 is 0 Å². The number of fused-ring (bicyclic) bond motifs is 3. The van der Waals surface area contributed by atoms with Crippen LogP contribution >= 0.6 is 0 Å². The Kier molecular flexibility index (Phi) is 5.53. The van der Waals surface area contributed by atoms with Crippen molar-refractivity contribution in [1.29, 1.82) is 0 Å². The van der Waals surface area contributed by atoms with Crippen LogP contribution in [0, 0.1) is 0 Å². The van der Waals surface area contributed by atoms with Gasteiger partial charge in [0.05, 0.1) is 19.2 Å². The summed E-state index contributed by atoms with van der Waals surface area (Å²) in [5.74, 6) is 1.37. The average Bonchev–Trinajstić information content (AvgIpc) is 3.51. The molecule has 0 saturated heterocycles. The van der Waals surface area contributed by atoms with Gasteiger partial charge in [-0.05, 0) is 35.0 Å². The molecule has 0 spiro atoms. The van der Waals surface area contributed by atoms with Crippen LogP contribution in [0.4, 0.5) is 0 Å². The first-order valence-corrected chi connectivity index (χ1v) is 11.8. The van der Waals surface area contributed by atoms with Crippen LogP contribution in [0.1, 0.15) is 21.9 Å². The summed E-state index contributed by atoms with van der Waals surface area (Å²) in [7, 11) is 1.67. The Balaban J connectivity index is 1.28. The van der Waals surface area contributed by atoms with Gasteiger partial charge in [-0.15, -0.1) is 10.2 Å². The third kappa shape index (κ3) is 3.82. The predicted octanol–water partition coefficient (Wildman–Crippen LogP) is 4.26. The van der Waals surface area contributed by atoms with E-state index in [1.165, 1.54) is 0 Å². The van der Waals surface area contributed by atoms with Crippen LogP contribution < -0.4 is 10.1 Å². The molecule has 1 amide bonds. The molecule has 8 heteroatoms. The van der Waals surface area contributed by atoms with Crippen molar-refractivity contribution in [3.63, 3.8) is 0 Å². The van der Waals surface area contributed by atoms with Crippen molar-refractivity contribution < 1.29 is 9.53 Å². The summed E-state index contributed by atoms with van der Waals surface area (Å²) in [5.41, 5.74) is 3.10. The molecule has 8 nitrogen and oxygen atoms in total. The standard InChI is InChI=1S/C28H24N6O2/c1-36-24-14-13-19-8-2-3-9-20(19)22(24)18-34-23-11-5-4-10-21(23)27(32-34)28(35)29-16-15-26-31-30-25-12-6-7-17-33(25)26/h2-14,17H,15-16,18H2,1H3,(H,29,35). The minimum absolute atomic E-state index is 0.219. The number of nitrogens with zero attached hydrogens (tertiary/aromatic N) is 5. The van der Waals surface area contributed by atoms with E-state index in [1.807, 2.05) is 75.9 Å². The monoisotopic (exact) mass is 476 g/mol. The van der Waals surface area contributed by atoms with E-state index in [4.69, 9.17) is 9.84 Å². The first-order chi connectivity index (χ1) is 17.7. The van der Waals surface area contributed by atoms with Crippen molar-refractivity contribution >= 4 is 33.2 Å². The Morgan fingerprint density at radius 3 is 2.61 bits per heavy atom. The molecule has 1 N–H and O–H groups in total. The number of methoxy groups -OCH3 is 1. The second-order valence-corrected chi connectivity index (χ2v) is 8.54. The molecular formula is C28H24N6O2. The molecule has 0 fully saturated rings. The van der Waals surface area contributed by atoms with Crippen LogP contribution in [-0.2, 0) is 13.0 Å². The van der Waals surface area contributed by atoms with Gasteiger partial charge in [0.25, 0.3) is 5.91 Å². The number of pyridine rings is 1. The first-order valence-electron chi connectivity index (χ1n) is 11.8. The highest BCUT2D eigenvalue weighted by atomic mass is 16.5. The summed E-state index contributed by atoms with van der Waals surface area (Å²) in [6.07, 6.45) is 2.48. The Labute approximate surface area is 207 Å². The van der Waals surface area contributed by atoms with Gasteiger partial charge in [0.15, 0.2) is 11.3 Å². The number of amides is 1. The van der Waals surface area contributed by atoms with Gasteiger partial charge in [0.1, 0.15) is 11.6 Å². The van der Waals surface area contributed by atoms with Crippen molar-refractivity contribution in [2.24, 2.45) is 0 Å². The van der Waals surface area contributed by atoms with Crippen LogP contribution in [0.5, 0.6) is 5.75 Å². The molecule has 0 aliphatic heterocycles. The van der Waals surface area contributed by atoms with Gasteiger partial charge in [-0.3, -0.25) is 13.9 Å². The fourth-order valence-electron chi connectivity index (χ4n) is 4.67. The van der Waals surface area contributed by atoms with Crippen LogP contribution in [0.3, 0.4) is 0 Å². The second kappa shape index (κ2) is 9.14. The lowest BCUT2D eigenvalue weighted by molar-refractivity contribution is 0.0949. The smallest absolute Gasteiger partial charge is 0.272 e. The van der Waals surface area contributed by atoms with Crippen molar-refractivity contribution in [3.8, 4) is 5.75 Å². The van der Waals surface area contributed by atoms with E-state index >= 15 is 0 Å². The lowest BCUT2D eigenvalue weighted by Crippen LogP contribution is -2.27. The normalized spacial score (nSPS) is 11.4. The summed E-state index contributed by atoms with van der Waals surface area (Å²) in [5, 5.41) is 19.2. The number of carbonyl (C=O) groups excluding carboxylic acids is 1. The SMILES string of the molecule is COc1ccc2ccccc2c1Cn1nc(C(=O)NCCc2nnc3ccccn23)c2ccccc21. The maximum Gasteiger partial charge on any atom is 0.272 e. The van der Waals surface area contributed by atoms with Crippen LogP contribution in [-0.4, -0.2) is 43.9 Å². The second-order valence-electron chi connectivity index (χ2n) is 8.54. The molecule has 0 radical (unpaired) electrons. The largest absolute Gasteiger partial charge is 0.496 e. The van der Waals surface area contributed by atoms with Crippen molar-refractivity contribution in [1.82, 2.24) is 29.7 Å². The molecule has 6 aromatic rings. The fourth-order valence-corrected chi connectivity index (χ4v) is 4.67. The third-order valence-electron chi connectivity index (χ3n) is 6.42. The number of hydrogen-bond acceptors (Lipinski definition) is 5. The molecule has 178 valence electrons. The molecular weight excluding hydrogens is 452 g/mol. The number of aromatic nitrogens is 5. The molecule has 0 aliphatic rings. The number of hydrogen-bond donors (Lipinski definition) is 1. The van der Waals surface area contributed by atoms with E-state index in [1.54, 1.807) is 7.11 Å². The molecule has 0 saturated carbocycles. The van der Waals surface area contributed by atoms with Crippen LogP contribution in [0.2, 0.25) is 0 Å². The average molecular weight is 477 g/mol. The maximum atomic E-state index is 13.2. The molecule has 6 rings (SSSR count). The highest BCUT2D eigenvalue weighted by molar-refractivity contribution is 6.05. The van der Waals surface area contributed by atoms with Gasteiger partial charge in [-0.2, -0.15) is 5.10 Å². The zero-order valence-electron chi connectivity index (χ0n) is 19.8. The molecule has 3 aromatic carbocycles. The zero-order valence-corrected chi connectivity index (χ0v) is 19.8. The number of carbonyl (C=O) groups is 1. The maximum absolute atomic E-state index is 13.2. The molecule has 0 atom stereocenters. The molecule has 0 aliphatic carbocycles. The van der Waals surface area contributed by atoms with Crippen molar-refractivity contribution in [3.05, 3.63) is 102 Å². The first kappa shape index (κ1) is 21.8. The number of para-hydroxylation sites is 1. The van der Waals surface area contributed by atoms with E-state index in [9.17, 15) is 4.79 Å². The molecule has 36 heavy (non-hydrogen) atoms. The highest BCUT2D eigenvalue weighted by Crippen LogP contribution is 2.30. The third-order valence-corrected chi connectivity index (χ3v) is 6.42. The van der Waals surface area contributed by atoms with Gasteiger partial charge < -0.3 is 10.1 Å². The lowest BCUT2D eigenvalue weighted by Gasteiger charge is -2.13. The quantitative estimate of drug-likeness (QED) is 0.372. The van der Waals surface area contributed by atoms with Crippen molar-refractivity contribution in [2.75, 3.05) is 13.7 Å². The van der Waals surface area contributed by atoms with E-state index < -0.39 is 0 Å². The summed E-state index contributed by atoms with van der Waals surface area (Å²) in [4.78, 5) is 13.2. The Hall–Kier alpha value is -4.72. The molecule has 3 heterocycles. The number of ether oxygens (including phenoxy) is 1. The number of benzene rings is 3. The topological polar surface area (TPSA) is 86.3 Å². The van der Waals surface area contributed by atoms with E-state index in [2.05, 4.69) is 33.7 Å². The molecule has 3 aromatic heterocycles. The lowest BCUT2D eigenvalue weighted by atomic mass is 10.0. The number of nitrogens with one attached hydrogen (secondary N) is 1. The summed E-state index contributed by atoms with van der Waals surface area (Å²) in [6.45, 7) is 0.900. The van der Waals surface area contributed by atoms with Crippen molar-refractivity contribution in [2.45, 2.75) is 13.0 Å². The summed E-state index contributed by atoms with van der Waals surface area (Å²) < 4.78 is 9.48. The van der Waals surface area contributed by atoms with E-state index in [0.29, 0.717) is 25.2 Å². The Bertz CT molecular complexity index is 1720. The van der Waals surface area contributed by atoms with E-state index in [-0.39, 0.29) is 5.91 Å². The van der Waals surface area contributed by atoms with E-state index in [0.717, 1.165) is 44.5 Å². The minimum Gasteiger partial charge on any atom is -0.496 e. The Morgan fingerprint density at radius 2 is 1.72 bits per heavy atom. The summed E-state index contributed by atoms with van der Waals surface area (Å²) in [6, 6.07) is 25.8. The number of rotatable bonds is 7.